The summed E-state index contributed by atoms with van der Waals surface area (Å²) in [4.78, 5) is 10.7. The number of nitrogens with one attached hydrogen (secondary N) is 1. The number of carboxylic acid groups (broad SMARTS) is 1. The lowest BCUT2D eigenvalue weighted by Crippen LogP contribution is -2.35. The summed E-state index contributed by atoms with van der Waals surface area (Å²) in [6, 6.07) is 5.51. The third kappa shape index (κ3) is 4.84. The van der Waals surface area contributed by atoms with E-state index >= 15 is 0 Å². The Morgan fingerprint density at radius 1 is 1.33 bits per heavy atom. The molecule has 0 aromatic heterocycles. The van der Waals surface area contributed by atoms with Crippen molar-refractivity contribution in [3.05, 3.63) is 35.4 Å². The van der Waals surface area contributed by atoms with Crippen LogP contribution in [0.1, 0.15) is 15.9 Å². The molecule has 0 spiro atoms. The van der Waals surface area contributed by atoms with Gasteiger partial charge in [0, 0.05) is 6.44 Å². The Kier molecular flexibility index (Phi) is 4.85. The van der Waals surface area contributed by atoms with E-state index in [4.69, 9.17) is 15.2 Å². The Morgan fingerprint density at radius 2 is 2.00 bits per heavy atom. The van der Waals surface area contributed by atoms with Gasteiger partial charge in [-0.3, -0.25) is 0 Å². The van der Waals surface area contributed by atoms with Crippen LogP contribution in [-0.2, 0) is 15.8 Å². The molecule has 1 rings (SSSR count). The zero-order valence-corrected chi connectivity index (χ0v) is 10.1. The molecule has 18 heavy (non-hydrogen) atoms. The highest BCUT2D eigenvalue weighted by Crippen LogP contribution is 2.08. The fourth-order valence-electron chi connectivity index (χ4n) is 1.27. The molecular formula is C9H12BNO6S. The molecule has 0 aliphatic rings. The van der Waals surface area contributed by atoms with Crippen LogP contribution in [0.5, 0.6) is 0 Å². The predicted molar refractivity (Wildman–Crippen MR) is 64.2 cm³/mol. The molecule has 0 saturated carbocycles. The van der Waals surface area contributed by atoms with Crippen LogP contribution in [0.3, 0.4) is 0 Å². The quantitative estimate of drug-likeness (QED) is 0.483. The van der Waals surface area contributed by atoms with Crippen LogP contribution in [0, 0.1) is 0 Å². The van der Waals surface area contributed by atoms with Crippen LogP contribution in [0.25, 0.3) is 0 Å². The van der Waals surface area contributed by atoms with Crippen molar-refractivity contribution in [1.82, 2.24) is 4.72 Å². The first-order valence-electron chi connectivity index (χ1n) is 4.96. The van der Waals surface area contributed by atoms with Crippen LogP contribution < -0.4 is 4.72 Å². The average Bonchev–Trinajstić information content (AvgIpc) is 2.26. The second-order valence-corrected chi connectivity index (χ2v) is 5.40. The molecule has 0 aliphatic carbocycles. The number of benzene rings is 1. The van der Waals surface area contributed by atoms with Gasteiger partial charge in [0.2, 0.25) is 10.0 Å². The summed E-state index contributed by atoms with van der Waals surface area (Å²) < 4.78 is 25.0. The van der Waals surface area contributed by atoms with Crippen molar-refractivity contribution in [2.75, 3.05) is 6.44 Å². The lowest BCUT2D eigenvalue weighted by atomic mass is 9.94. The minimum absolute atomic E-state index is 0.00936. The summed E-state index contributed by atoms with van der Waals surface area (Å²) in [6.45, 7) is 0. The van der Waals surface area contributed by atoms with Gasteiger partial charge >= 0.3 is 13.1 Å². The number of hydrogen-bond donors (Lipinski definition) is 4. The van der Waals surface area contributed by atoms with E-state index in [1.807, 2.05) is 4.72 Å². The Labute approximate surface area is 104 Å². The molecule has 0 fully saturated rings. The van der Waals surface area contributed by atoms with E-state index < -0.39 is 35.3 Å². The SMILES string of the molecule is O=C(O)c1cccc(CS(=O)(=O)NCB(O)O)c1. The van der Waals surface area contributed by atoms with Gasteiger partial charge in [-0.05, 0) is 17.7 Å². The molecular weight excluding hydrogens is 261 g/mol. The van der Waals surface area contributed by atoms with Gasteiger partial charge in [-0.15, -0.1) is 0 Å². The van der Waals surface area contributed by atoms with Crippen LogP contribution in [0.15, 0.2) is 24.3 Å². The van der Waals surface area contributed by atoms with Crippen molar-refractivity contribution in [3.63, 3.8) is 0 Å². The fraction of sp³-hybridized carbons (Fsp3) is 0.222. The van der Waals surface area contributed by atoms with Gasteiger partial charge in [0.05, 0.1) is 11.3 Å². The first kappa shape index (κ1) is 14.6. The Morgan fingerprint density at radius 3 is 2.56 bits per heavy atom. The lowest BCUT2D eigenvalue weighted by Gasteiger charge is -2.06. The van der Waals surface area contributed by atoms with E-state index in [1.165, 1.54) is 24.3 Å². The first-order chi connectivity index (χ1) is 8.30. The summed E-state index contributed by atoms with van der Waals surface area (Å²) in [7, 11) is -5.51. The first-order valence-corrected chi connectivity index (χ1v) is 6.61. The number of carbonyl (C=O) groups is 1. The standard InChI is InChI=1S/C9H12BNO6S/c12-9(13)8-3-1-2-7(4-8)5-18(16,17)11-6-10(14)15/h1-4,11,14-15H,5-6H2,(H,12,13). The fourth-order valence-corrected chi connectivity index (χ4v) is 2.39. The van der Waals surface area contributed by atoms with Crippen molar-refractivity contribution in [3.8, 4) is 0 Å². The van der Waals surface area contributed by atoms with Gasteiger partial charge in [-0.1, -0.05) is 12.1 Å². The maximum Gasteiger partial charge on any atom is 0.467 e. The molecule has 0 atom stereocenters. The number of sulfonamides is 1. The summed E-state index contributed by atoms with van der Waals surface area (Å²) in [5.41, 5.74) is 0.291. The van der Waals surface area contributed by atoms with Crippen molar-refractivity contribution in [2.24, 2.45) is 0 Å². The Balaban J connectivity index is 2.78. The molecule has 0 unspecified atom stereocenters. The van der Waals surface area contributed by atoms with E-state index in [9.17, 15) is 13.2 Å². The van der Waals surface area contributed by atoms with E-state index in [1.54, 1.807) is 0 Å². The van der Waals surface area contributed by atoms with Gasteiger partial charge in [0.25, 0.3) is 0 Å². The summed E-state index contributed by atoms with van der Waals surface area (Å²) in [6.07, 6.45) is -0.513. The number of carboxylic acids is 1. The van der Waals surface area contributed by atoms with Gasteiger partial charge in [-0.25, -0.2) is 17.9 Å². The Hall–Kier alpha value is -1.42. The lowest BCUT2D eigenvalue weighted by molar-refractivity contribution is 0.0696. The molecule has 4 N–H and O–H groups in total. The van der Waals surface area contributed by atoms with Gasteiger partial charge in [0.1, 0.15) is 0 Å². The second kappa shape index (κ2) is 5.96. The van der Waals surface area contributed by atoms with Crippen LogP contribution in [0.2, 0.25) is 0 Å². The van der Waals surface area contributed by atoms with Crippen LogP contribution in [0.4, 0.5) is 0 Å². The van der Waals surface area contributed by atoms with E-state index in [0.29, 0.717) is 5.56 Å². The molecule has 0 heterocycles. The molecule has 7 nitrogen and oxygen atoms in total. The zero-order chi connectivity index (χ0) is 13.8. The average molecular weight is 273 g/mol. The molecule has 0 radical (unpaired) electrons. The minimum atomic E-state index is -3.74. The zero-order valence-electron chi connectivity index (χ0n) is 9.28. The van der Waals surface area contributed by atoms with Crippen molar-refractivity contribution in [1.29, 1.82) is 0 Å². The molecule has 0 saturated heterocycles. The number of aromatic carboxylic acids is 1. The molecule has 0 amide bonds. The van der Waals surface area contributed by atoms with Crippen molar-refractivity contribution in [2.45, 2.75) is 5.75 Å². The predicted octanol–water partition coefficient (Wildman–Crippen LogP) is -1.18. The molecule has 1 aromatic carbocycles. The largest absolute Gasteiger partial charge is 0.478 e. The van der Waals surface area contributed by atoms with Gasteiger partial charge in [-0.2, -0.15) is 0 Å². The molecule has 0 aliphatic heterocycles. The van der Waals surface area contributed by atoms with Crippen molar-refractivity contribution < 1.29 is 28.4 Å². The smallest absolute Gasteiger partial charge is 0.467 e. The minimum Gasteiger partial charge on any atom is -0.478 e. The third-order valence-electron chi connectivity index (χ3n) is 2.02. The highest BCUT2D eigenvalue weighted by molar-refractivity contribution is 7.88. The molecule has 9 heteroatoms. The Bertz CT molecular complexity index is 530. The van der Waals surface area contributed by atoms with Crippen LogP contribution >= 0.6 is 0 Å². The summed E-state index contributed by atoms with van der Waals surface area (Å²) in [5, 5.41) is 25.9. The van der Waals surface area contributed by atoms with E-state index in [-0.39, 0.29) is 5.56 Å². The molecule has 1 aromatic rings. The molecule has 98 valence electrons. The van der Waals surface area contributed by atoms with Crippen molar-refractivity contribution >= 4 is 23.1 Å². The maximum atomic E-state index is 11.5. The van der Waals surface area contributed by atoms with Gasteiger partial charge in [0.15, 0.2) is 0 Å². The topological polar surface area (TPSA) is 124 Å². The highest BCUT2D eigenvalue weighted by atomic mass is 32.2. The number of rotatable bonds is 6. The monoisotopic (exact) mass is 273 g/mol. The normalized spacial score (nSPS) is 11.2. The third-order valence-corrected chi connectivity index (χ3v) is 3.34. The maximum absolute atomic E-state index is 11.5. The highest BCUT2D eigenvalue weighted by Gasteiger charge is 2.16. The summed E-state index contributed by atoms with van der Waals surface area (Å²) >= 11 is 0. The van der Waals surface area contributed by atoms with Gasteiger partial charge < -0.3 is 15.2 Å². The summed E-state index contributed by atoms with van der Waals surface area (Å²) in [5.74, 6) is -1.58. The van der Waals surface area contributed by atoms with Crippen LogP contribution in [-0.4, -0.2) is 43.1 Å². The number of hydrogen-bond acceptors (Lipinski definition) is 5. The van der Waals surface area contributed by atoms with E-state index in [2.05, 4.69) is 0 Å². The van der Waals surface area contributed by atoms with E-state index in [0.717, 1.165) is 0 Å². The second-order valence-electron chi connectivity index (χ2n) is 3.59. The molecule has 0 bridgehead atoms.